The molecule has 0 saturated heterocycles. The van der Waals surface area contributed by atoms with Crippen LogP contribution in [0.4, 0.5) is 10.5 Å². The summed E-state index contributed by atoms with van der Waals surface area (Å²) in [5, 5.41) is 40.0. The molecule has 1 aromatic heterocycles. The first-order valence-corrected chi connectivity index (χ1v) is 18.4. The summed E-state index contributed by atoms with van der Waals surface area (Å²) in [6, 6.07) is 22.1. The van der Waals surface area contributed by atoms with Crippen LogP contribution in [-0.2, 0) is 6.42 Å². The molecular weight excluding hydrogens is 684 g/mol. The lowest BCUT2D eigenvalue weighted by Gasteiger charge is -2.28. The third-order valence-corrected chi connectivity index (χ3v) is 8.52. The number of hydrogen-bond donors (Lipinski definition) is 6. The van der Waals surface area contributed by atoms with E-state index in [0.29, 0.717) is 54.5 Å². The molecular formula is C42H58N6O6. The maximum atomic E-state index is 12.2. The van der Waals surface area contributed by atoms with Gasteiger partial charge in [0.2, 0.25) is 0 Å². The zero-order valence-electron chi connectivity index (χ0n) is 33.0. The number of ketones is 1. The maximum absolute atomic E-state index is 12.2. The summed E-state index contributed by atoms with van der Waals surface area (Å²) in [4.78, 5) is 29.1. The SMILES string of the molecule is CC(C)(Cc1c[nH]c2ccccc12)NCC(O)COc1ccccc1C#N.CCN(CC)C(=O)Nc1ccc(OCC(O)CNC(C)(C)C)c(C(C)=O)c1. The van der Waals surface area contributed by atoms with Crippen LogP contribution in [0.25, 0.3) is 10.9 Å². The number of nitriles is 1. The molecule has 2 amide bonds. The minimum atomic E-state index is -0.703. The van der Waals surface area contributed by atoms with E-state index in [1.54, 1.807) is 41.3 Å². The van der Waals surface area contributed by atoms with Crippen molar-refractivity contribution in [1.82, 2.24) is 20.5 Å². The van der Waals surface area contributed by atoms with Crippen molar-refractivity contribution >= 4 is 28.4 Å². The summed E-state index contributed by atoms with van der Waals surface area (Å²) >= 11 is 0. The van der Waals surface area contributed by atoms with Crippen LogP contribution in [0.3, 0.4) is 0 Å². The van der Waals surface area contributed by atoms with Crippen molar-refractivity contribution in [3.05, 3.63) is 89.6 Å². The number of aromatic amines is 1. The van der Waals surface area contributed by atoms with Gasteiger partial charge in [-0.1, -0.05) is 30.3 Å². The van der Waals surface area contributed by atoms with Gasteiger partial charge in [-0.05, 0) is 104 Å². The molecule has 0 bridgehead atoms. The molecule has 54 heavy (non-hydrogen) atoms. The Bertz CT molecular complexity index is 1840. The first-order chi connectivity index (χ1) is 25.6. The highest BCUT2D eigenvalue weighted by Gasteiger charge is 2.22. The molecule has 0 aliphatic rings. The highest BCUT2D eigenvalue weighted by molar-refractivity contribution is 5.99. The number of para-hydroxylation sites is 2. The van der Waals surface area contributed by atoms with E-state index in [0.717, 1.165) is 11.9 Å². The van der Waals surface area contributed by atoms with Crippen LogP contribution in [0.1, 0.15) is 76.9 Å². The molecule has 4 rings (SSSR count). The number of anilines is 1. The Morgan fingerprint density at radius 2 is 1.48 bits per heavy atom. The second-order valence-electron chi connectivity index (χ2n) is 14.8. The lowest BCUT2D eigenvalue weighted by molar-refractivity contribution is 0.0950. The van der Waals surface area contributed by atoms with Crippen LogP contribution in [-0.4, -0.2) is 94.6 Å². The van der Waals surface area contributed by atoms with Crippen molar-refractivity contribution in [3.63, 3.8) is 0 Å². The van der Waals surface area contributed by atoms with E-state index in [9.17, 15) is 19.8 Å². The molecule has 0 spiro atoms. The third-order valence-electron chi connectivity index (χ3n) is 8.52. The average Bonchev–Trinajstić information content (AvgIpc) is 3.54. The number of carbonyl (C=O) groups is 2. The van der Waals surface area contributed by atoms with E-state index in [-0.39, 0.29) is 36.1 Å². The number of Topliss-reactive ketones (excluding diaryl/α,β-unsaturated/α-hetero) is 1. The first-order valence-electron chi connectivity index (χ1n) is 18.4. The number of aliphatic hydroxyl groups excluding tert-OH is 2. The summed E-state index contributed by atoms with van der Waals surface area (Å²) in [5.41, 5.74) is 3.46. The van der Waals surface area contributed by atoms with Crippen molar-refractivity contribution < 1.29 is 29.3 Å². The quantitative estimate of drug-likeness (QED) is 0.0682. The van der Waals surface area contributed by atoms with Gasteiger partial charge in [0.25, 0.3) is 0 Å². The number of ether oxygens (including phenoxy) is 2. The largest absolute Gasteiger partial charge is 0.490 e. The number of benzene rings is 3. The molecule has 0 aliphatic carbocycles. The Morgan fingerprint density at radius 1 is 0.870 bits per heavy atom. The van der Waals surface area contributed by atoms with E-state index < -0.39 is 12.2 Å². The van der Waals surface area contributed by atoms with Gasteiger partial charge in [0.05, 0.1) is 11.1 Å². The van der Waals surface area contributed by atoms with E-state index >= 15 is 0 Å². The van der Waals surface area contributed by atoms with E-state index in [1.165, 1.54) is 17.9 Å². The number of β-amino-alcohol motifs (C(OH)–C–C–N with tert-alkyl or cyclic N) is 2. The molecule has 12 nitrogen and oxygen atoms in total. The van der Waals surface area contributed by atoms with Crippen LogP contribution in [0.2, 0.25) is 0 Å². The number of fused-ring (bicyclic) bond motifs is 1. The monoisotopic (exact) mass is 742 g/mol. The molecule has 292 valence electrons. The Hall–Kier alpha value is -4.93. The molecule has 0 aliphatic heterocycles. The summed E-state index contributed by atoms with van der Waals surface area (Å²) in [6.07, 6.45) is 1.51. The smallest absolute Gasteiger partial charge is 0.321 e. The van der Waals surface area contributed by atoms with Gasteiger partial charge >= 0.3 is 6.03 Å². The van der Waals surface area contributed by atoms with Crippen LogP contribution < -0.4 is 25.4 Å². The number of rotatable bonds is 17. The van der Waals surface area contributed by atoms with Crippen LogP contribution >= 0.6 is 0 Å². The van der Waals surface area contributed by atoms with Crippen LogP contribution in [0.15, 0.2) is 72.9 Å². The summed E-state index contributed by atoms with van der Waals surface area (Å²) in [5.74, 6) is 0.710. The molecule has 1 heterocycles. The van der Waals surface area contributed by atoms with Gasteiger partial charge in [-0.25, -0.2) is 4.79 Å². The van der Waals surface area contributed by atoms with Crippen molar-refractivity contribution in [1.29, 1.82) is 5.26 Å². The molecule has 0 saturated carbocycles. The normalized spacial score (nSPS) is 12.5. The number of urea groups is 1. The number of H-pyrrole nitrogens is 1. The number of nitrogens with one attached hydrogen (secondary N) is 4. The van der Waals surface area contributed by atoms with E-state index in [1.807, 2.05) is 59.0 Å². The lowest BCUT2D eigenvalue weighted by atomic mass is 9.94. The molecule has 0 fully saturated rings. The molecule has 0 radical (unpaired) electrons. The standard InChI is InChI=1S/C22H25N3O2.C20H33N3O4/c1-22(2,11-17-13-24-20-9-5-4-8-19(17)20)25-14-18(26)15-27-21-10-6-3-7-16(21)12-23;1-7-23(8-2)19(26)22-15-9-10-18(17(11-15)14(3)24)27-13-16(25)12-21-20(4,5)6/h3-10,13,18,24-26H,11,14-15H2,1-2H3;9-11,16,21,25H,7-8,12-13H2,1-6H3,(H,22,26). The van der Waals surface area contributed by atoms with Crippen molar-refractivity contribution in [2.75, 3.05) is 44.7 Å². The number of aliphatic hydroxyl groups is 2. The number of aromatic nitrogens is 1. The number of carbonyl (C=O) groups excluding carboxylic acids is 2. The van der Waals surface area contributed by atoms with Crippen molar-refractivity contribution in [3.8, 4) is 17.6 Å². The highest BCUT2D eigenvalue weighted by atomic mass is 16.5. The second kappa shape index (κ2) is 20.5. The molecule has 6 N–H and O–H groups in total. The van der Waals surface area contributed by atoms with E-state index in [2.05, 4.69) is 53.0 Å². The molecule has 3 aromatic carbocycles. The van der Waals surface area contributed by atoms with Gasteiger partial charge < -0.3 is 45.5 Å². The summed E-state index contributed by atoms with van der Waals surface area (Å²) in [6.45, 7) is 17.7. The van der Waals surface area contributed by atoms with Crippen molar-refractivity contribution in [2.45, 2.75) is 85.1 Å². The highest BCUT2D eigenvalue weighted by Crippen LogP contribution is 2.25. The van der Waals surface area contributed by atoms with Gasteiger partial charge in [0, 0.05) is 60.0 Å². The average molecular weight is 743 g/mol. The number of nitrogens with zero attached hydrogens (tertiary/aromatic N) is 2. The van der Waals surface area contributed by atoms with Crippen LogP contribution in [0.5, 0.6) is 11.5 Å². The predicted molar refractivity (Wildman–Crippen MR) is 214 cm³/mol. The van der Waals surface area contributed by atoms with Crippen molar-refractivity contribution in [2.24, 2.45) is 0 Å². The van der Waals surface area contributed by atoms with Gasteiger partial charge in [0.15, 0.2) is 5.78 Å². The minimum Gasteiger partial charge on any atom is -0.490 e. The van der Waals surface area contributed by atoms with Gasteiger partial charge in [0.1, 0.15) is 43.0 Å². The molecule has 2 unspecified atom stereocenters. The Kier molecular flexibility index (Phi) is 16.5. The van der Waals surface area contributed by atoms with Gasteiger partial charge in [-0.2, -0.15) is 5.26 Å². The molecule has 4 aromatic rings. The lowest BCUT2D eigenvalue weighted by Crippen LogP contribution is -2.46. The Balaban J connectivity index is 0.000000290. The molecule has 12 heteroatoms. The third kappa shape index (κ3) is 14.1. The summed E-state index contributed by atoms with van der Waals surface area (Å²) in [7, 11) is 0. The zero-order valence-corrected chi connectivity index (χ0v) is 33.0. The van der Waals surface area contributed by atoms with Gasteiger partial charge in [-0.15, -0.1) is 0 Å². The van der Waals surface area contributed by atoms with Crippen LogP contribution in [0, 0.1) is 11.3 Å². The fourth-order valence-electron chi connectivity index (χ4n) is 5.53. The summed E-state index contributed by atoms with van der Waals surface area (Å²) < 4.78 is 11.2. The number of amides is 2. The Morgan fingerprint density at radius 3 is 2.11 bits per heavy atom. The minimum absolute atomic E-state index is 0.0640. The second-order valence-corrected chi connectivity index (χ2v) is 14.8. The van der Waals surface area contributed by atoms with E-state index in [4.69, 9.17) is 14.7 Å². The Labute approximate surface area is 319 Å². The fraction of sp³-hybridized carbons (Fsp3) is 0.452. The number of hydrogen-bond acceptors (Lipinski definition) is 9. The zero-order chi connectivity index (χ0) is 39.9. The fourth-order valence-corrected chi connectivity index (χ4v) is 5.53. The first kappa shape index (κ1) is 43.5. The molecule has 2 atom stereocenters. The maximum Gasteiger partial charge on any atom is 0.321 e. The predicted octanol–water partition coefficient (Wildman–Crippen LogP) is 6.28. The topological polar surface area (TPSA) is 172 Å². The van der Waals surface area contributed by atoms with Gasteiger partial charge in [-0.3, -0.25) is 4.79 Å².